The monoisotopic (exact) mass is 281 g/mol. The van der Waals surface area contributed by atoms with Crippen LogP contribution in [0.4, 0.5) is 0 Å². The van der Waals surface area contributed by atoms with Crippen molar-refractivity contribution in [3.63, 3.8) is 0 Å². The van der Waals surface area contributed by atoms with E-state index in [9.17, 15) is 4.79 Å². The minimum absolute atomic E-state index is 0.0593. The highest BCUT2D eigenvalue weighted by molar-refractivity contribution is 5.98. The van der Waals surface area contributed by atoms with Gasteiger partial charge < -0.3 is 15.1 Å². The van der Waals surface area contributed by atoms with Crippen LogP contribution in [-0.4, -0.2) is 24.5 Å². The van der Waals surface area contributed by atoms with E-state index in [0.717, 1.165) is 24.8 Å². The molecule has 3 unspecified atom stereocenters. The van der Waals surface area contributed by atoms with Gasteiger partial charge in [0.1, 0.15) is 11.7 Å². The largest absolute Gasteiger partial charge is 0.446 e. The molecule has 1 aliphatic carbocycles. The number of carbonyl (C=O) groups is 1. The Hall–Kier alpha value is -2.32. The summed E-state index contributed by atoms with van der Waals surface area (Å²) >= 11 is 0. The lowest BCUT2D eigenvalue weighted by molar-refractivity contribution is 0.0928. The molecular formula is C16H15N3O2. The van der Waals surface area contributed by atoms with E-state index < -0.39 is 0 Å². The second-order valence-electron chi connectivity index (χ2n) is 5.91. The minimum Gasteiger partial charge on any atom is -0.446 e. The van der Waals surface area contributed by atoms with E-state index in [1.807, 2.05) is 6.07 Å². The number of furan rings is 1. The lowest BCUT2D eigenvalue weighted by Gasteiger charge is -2.23. The molecule has 5 heteroatoms. The number of carbonyl (C=O) groups excluding carboxylic acids is 1. The highest BCUT2D eigenvalue weighted by Gasteiger charge is 2.40. The molecule has 2 aliphatic rings. The van der Waals surface area contributed by atoms with E-state index in [-0.39, 0.29) is 17.7 Å². The smallest absolute Gasteiger partial charge is 0.251 e. The summed E-state index contributed by atoms with van der Waals surface area (Å²) in [6, 6.07) is 9.52. The summed E-state index contributed by atoms with van der Waals surface area (Å²) < 4.78 is 5.32. The zero-order valence-corrected chi connectivity index (χ0v) is 11.4. The minimum atomic E-state index is -0.0593. The van der Waals surface area contributed by atoms with Crippen molar-refractivity contribution in [3.05, 3.63) is 35.6 Å². The molecule has 2 N–H and O–H groups in total. The van der Waals surface area contributed by atoms with Gasteiger partial charge in [-0.05, 0) is 43.5 Å². The van der Waals surface area contributed by atoms with Crippen LogP contribution in [0.15, 0.2) is 28.7 Å². The molecule has 2 fully saturated rings. The summed E-state index contributed by atoms with van der Waals surface area (Å²) in [5.41, 5.74) is 1.24. The zero-order valence-electron chi connectivity index (χ0n) is 11.4. The van der Waals surface area contributed by atoms with Gasteiger partial charge in [-0.15, -0.1) is 0 Å². The Kier molecular flexibility index (Phi) is 2.72. The average molecular weight is 281 g/mol. The number of benzene rings is 1. The van der Waals surface area contributed by atoms with Gasteiger partial charge in [-0.3, -0.25) is 4.79 Å². The van der Waals surface area contributed by atoms with Crippen LogP contribution in [0.3, 0.4) is 0 Å². The van der Waals surface area contributed by atoms with Crippen LogP contribution < -0.4 is 10.6 Å². The first-order chi connectivity index (χ1) is 10.2. The molecule has 1 aliphatic heterocycles. The Morgan fingerprint density at radius 2 is 2.29 bits per heavy atom. The summed E-state index contributed by atoms with van der Waals surface area (Å²) in [6.45, 7) is 1.08. The van der Waals surface area contributed by atoms with E-state index in [2.05, 4.69) is 10.6 Å². The number of nitriles is 1. The first kappa shape index (κ1) is 12.4. The molecule has 2 bridgehead atoms. The molecule has 2 heterocycles. The molecule has 3 atom stereocenters. The van der Waals surface area contributed by atoms with Gasteiger partial charge >= 0.3 is 0 Å². The SMILES string of the molecule is N#Cc1cc2cc(C(=O)NC3CC4CNC3C4)ccc2o1. The predicted octanol–water partition coefficient (Wildman–Crippen LogP) is 1.78. The van der Waals surface area contributed by atoms with Gasteiger partial charge in [0.15, 0.2) is 0 Å². The van der Waals surface area contributed by atoms with Gasteiger partial charge in [0.05, 0.1) is 0 Å². The van der Waals surface area contributed by atoms with E-state index in [4.69, 9.17) is 9.68 Å². The summed E-state index contributed by atoms with van der Waals surface area (Å²) in [6.07, 6.45) is 2.23. The maximum absolute atomic E-state index is 12.4. The highest BCUT2D eigenvalue weighted by Crippen LogP contribution is 2.31. The second kappa shape index (κ2) is 4.61. The molecule has 4 rings (SSSR count). The van der Waals surface area contributed by atoms with Gasteiger partial charge in [-0.25, -0.2) is 0 Å². The number of fused-ring (bicyclic) bond motifs is 3. The molecule has 2 aromatic rings. The van der Waals surface area contributed by atoms with Gasteiger partial charge in [0.25, 0.3) is 5.91 Å². The fourth-order valence-electron chi connectivity index (χ4n) is 3.50. The lowest BCUT2D eigenvalue weighted by Crippen LogP contribution is -2.47. The summed E-state index contributed by atoms with van der Waals surface area (Å²) in [5.74, 6) is 0.908. The fraction of sp³-hybridized carbons (Fsp3) is 0.375. The maximum atomic E-state index is 12.4. The molecule has 106 valence electrons. The van der Waals surface area contributed by atoms with Crippen molar-refractivity contribution >= 4 is 16.9 Å². The van der Waals surface area contributed by atoms with Crippen LogP contribution in [0.1, 0.15) is 29.0 Å². The summed E-state index contributed by atoms with van der Waals surface area (Å²) in [5, 5.41) is 16.2. The number of piperidine rings is 1. The van der Waals surface area contributed by atoms with Crippen molar-refractivity contribution < 1.29 is 9.21 Å². The molecule has 0 radical (unpaired) electrons. The Balaban J connectivity index is 1.55. The van der Waals surface area contributed by atoms with E-state index >= 15 is 0 Å². The number of hydrogen-bond donors (Lipinski definition) is 2. The number of rotatable bonds is 2. The molecule has 1 saturated heterocycles. The Morgan fingerprint density at radius 3 is 3.00 bits per heavy atom. The van der Waals surface area contributed by atoms with Crippen molar-refractivity contribution in [1.29, 1.82) is 5.26 Å². The molecule has 5 nitrogen and oxygen atoms in total. The lowest BCUT2D eigenvalue weighted by atomic mass is 10.1. The van der Waals surface area contributed by atoms with Crippen LogP contribution in [0, 0.1) is 17.2 Å². The number of amides is 1. The van der Waals surface area contributed by atoms with Gasteiger partial charge in [-0.1, -0.05) is 0 Å². The van der Waals surface area contributed by atoms with Crippen LogP contribution in [0.25, 0.3) is 11.0 Å². The molecule has 0 spiro atoms. The van der Waals surface area contributed by atoms with Crippen molar-refractivity contribution in [2.24, 2.45) is 5.92 Å². The topological polar surface area (TPSA) is 78.1 Å². The molecule has 1 aromatic carbocycles. The fourth-order valence-corrected chi connectivity index (χ4v) is 3.50. The van der Waals surface area contributed by atoms with E-state index in [1.165, 1.54) is 0 Å². The molecular weight excluding hydrogens is 266 g/mol. The van der Waals surface area contributed by atoms with Crippen molar-refractivity contribution in [1.82, 2.24) is 10.6 Å². The number of nitrogens with one attached hydrogen (secondary N) is 2. The van der Waals surface area contributed by atoms with Gasteiger partial charge in [0, 0.05) is 29.1 Å². The summed E-state index contributed by atoms with van der Waals surface area (Å²) in [7, 11) is 0. The number of nitrogens with zero attached hydrogens (tertiary/aromatic N) is 1. The third kappa shape index (κ3) is 2.08. The van der Waals surface area contributed by atoms with Gasteiger partial charge in [-0.2, -0.15) is 5.26 Å². The van der Waals surface area contributed by atoms with Crippen molar-refractivity contribution in [2.45, 2.75) is 24.9 Å². The normalized spacial score (nSPS) is 26.9. The molecule has 1 saturated carbocycles. The van der Waals surface area contributed by atoms with E-state index in [0.29, 0.717) is 23.1 Å². The van der Waals surface area contributed by atoms with Crippen LogP contribution in [0.2, 0.25) is 0 Å². The second-order valence-corrected chi connectivity index (χ2v) is 5.91. The quantitative estimate of drug-likeness (QED) is 0.879. The Morgan fingerprint density at radius 1 is 1.38 bits per heavy atom. The van der Waals surface area contributed by atoms with Gasteiger partial charge in [0.2, 0.25) is 5.76 Å². The third-order valence-corrected chi connectivity index (χ3v) is 4.53. The predicted molar refractivity (Wildman–Crippen MR) is 76.7 cm³/mol. The Labute approximate surface area is 121 Å². The van der Waals surface area contributed by atoms with E-state index in [1.54, 1.807) is 24.3 Å². The standard InChI is InChI=1S/C16H15N3O2/c17-7-12-6-11-5-10(1-2-15(11)21-12)16(20)19-14-4-9-3-13(14)18-8-9/h1-2,5-6,9,13-14,18H,3-4,8H2,(H,19,20). The van der Waals surface area contributed by atoms with Crippen LogP contribution in [0.5, 0.6) is 0 Å². The van der Waals surface area contributed by atoms with Crippen molar-refractivity contribution in [2.75, 3.05) is 6.54 Å². The zero-order chi connectivity index (χ0) is 14.4. The first-order valence-electron chi connectivity index (χ1n) is 7.21. The average Bonchev–Trinajstić information content (AvgIpc) is 3.20. The van der Waals surface area contributed by atoms with Crippen molar-refractivity contribution in [3.8, 4) is 6.07 Å². The molecule has 1 aromatic heterocycles. The third-order valence-electron chi connectivity index (χ3n) is 4.53. The van der Waals surface area contributed by atoms with Crippen LogP contribution in [-0.2, 0) is 0 Å². The maximum Gasteiger partial charge on any atom is 0.251 e. The first-order valence-corrected chi connectivity index (χ1v) is 7.21. The molecule has 21 heavy (non-hydrogen) atoms. The Bertz CT molecular complexity index is 758. The highest BCUT2D eigenvalue weighted by atomic mass is 16.3. The summed E-state index contributed by atoms with van der Waals surface area (Å²) in [4.78, 5) is 12.4. The molecule has 1 amide bonds. The number of hydrogen-bond acceptors (Lipinski definition) is 4. The van der Waals surface area contributed by atoms with Crippen LogP contribution >= 0.6 is 0 Å².